The second-order valence-electron chi connectivity index (χ2n) is 5.12. The second kappa shape index (κ2) is 7.45. The molecular formula is C15H22N2O3S. The van der Waals surface area contributed by atoms with Crippen LogP contribution in [0.25, 0.3) is 0 Å². The van der Waals surface area contributed by atoms with E-state index < -0.39 is 0 Å². The lowest BCUT2D eigenvalue weighted by Crippen LogP contribution is -2.38. The predicted molar refractivity (Wildman–Crippen MR) is 82.8 cm³/mol. The van der Waals surface area contributed by atoms with Crippen LogP contribution in [0.5, 0.6) is 5.75 Å². The van der Waals surface area contributed by atoms with Crippen LogP contribution in [0, 0.1) is 0 Å². The molecule has 0 saturated carbocycles. The van der Waals surface area contributed by atoms with Gasteiger partial charge in [0.2, 0.25) is 5.91 Å². The van der Waals surface area contributed by atoms with E-state index in [0.29, 0.717) is 23.6 Å². The van der Waals surface area contributed by atoms with Gasteiger partial charge in [-0.05, 0) is 30.7 Å². The van der Waals surface area contributed by atoms with Crippen molar-refractivity contribution < 1.29 is 14.3 Å². The normalized spacial score (nSPS) is 16.1. The minimum absolute atomic E-state index is 0.107. The van der Waals surface area contributed by atoms with Gasteiger partial charge in [-0.25, -0.2) is 0 Å². The number of thiophene rings is 1. The molecule has 5 nitrogen and oxygen atoms in total. The molecule has 0 aliphatic carbocycles. The molecule has 2 rings (SSSR count). The standard InChI is InChI=1S/C15H22N2O3S/c1-3-11(17-9-4-5-13(17)18)6-8-16-15(19)14-12(20-2)7-10-21-14/h7,10-11H,3-6,8-9H2,1-2H3,(H,16,19)/t11-/m1/s1. The molecule has 1 aromatic rings. The number of carbonyl (C=O) groups is 2. The first-order chi connectivity index (χ1) is 10.2. The SMILES string of the molecule is CC[C@H](CCNC(=O)c1sccc1OC)N1CCCC1=O. The van der Waals surface area contributed by atoms with Crippen LogP contribution in [-0.2, 0) is 4.79 Å². The Bertz CT molecular complexity index is 501. The maximum atomic E-state index is 12.1. The Morgan fingerprint density at radius 2 is 2.38 bits per heavy atom. The van der Waals surface area contributed by atoms with Gasteiger partial charge in [0.05, 0.1) is 7.11 Å². The second-order valence-corrected chi connectivity index (χ2v) is 6.03. The molecule has 2 heterocycles. The summed E-state index contributed by atoms with van der Waals surface area (Å²) in [5, 5.41) is 4.76. The van der Waals surface area contributed by atoms with Crippen LogP contribution in [0.2, 0.25) is 0 Å². The fourth-order valence-electron chi connectivity index (χ4n) is 2.69. The van der Waals surface area contributed by atoms with Crippen LogP contribution < -0.4 is 10.1 Å². The summed E-state index contributed by atoms with van der Waals surface area (Å²) in [6.45, 7) is 3.51. The molecule has 116 valence electrons. The van der Waals surface area contributed by atoms with Crippen molar-refractivity contribution in [3.8, 4) is 5.75 Å². The van der Waals surface area contributed by atoms with Gasteiger partial charge in [0.25, 0.3) is 5.91 Å². The summed E-state index contributed by atoms with van der Waals surface area (Å²) >= 11 is 1.37. The van der Waals surface area contributed by atoms with E-state index >= 15 is 0 Å². The van der Waals surface area contributed by atoms with Crippen LogP contribution in [0.4, 0.5) is 0 Å². The van der Waals surface area contributed by atoms with Gasteiger partial charge in [-0.2, -0.15) is 0 Å². The number of nitrogens with one attached hydrogen (secondary N) is 1. The van der Waals surface area contributed by atoms with E-state index in [1.807, 2.05) is 10.3 Å². The maximum absolute atomic E-state index is 12.1. The third-order valence-corrected chi connectivity index (χ3v) is 4.73. The minimum Gasteiger partial charge on any atom is -0.495 e. The number of rotatable bonds is 7. The third-order valence-electron chi connectivity index (χ3n) is 3.84. The highest BCUT2D eigenvalue weighted by Crippen LogP contribution is 2.24. The number of ether oxygens (including phenoxy) is 1. The molecule has 1 aliphatic rings. The number of nitrogens with zero attached hydrogens (tertiary/aromatic N) is 1. The van der Waals surface area contributed by atoms with Gasteiger partial charge >= 0.3 is 0 Å². The first kappa shape index (κ1) is 15.8. The van der Waals surface area contributed by atoms with Crippen LogP contribution in [0.15, 0.2) is 11.4 Å². The van der Waals surface area contributed by atoms with E-state index in [0.717, 1.165) is 25.8 Å². The number of carbonyl (C=O) groups excluding carboxylic acids is 2. The van der Waals surface area contributed by atoms with E-state index in [-0.39, 0.29) is 17.9 Å². The van der Waals surface area contributed by atoms with Gasteiger partial charge in [0.1, 0.15) is 10.6 Å². The summed E-state index contributed by atoms with van der Waals surface area (Å²) in [6, 6.07) is 2.02. The highest BCUT2D eigenvalue weighted by molar-refractivity contribution is 7.12. The molecule has 0 aromatic carbocycles. The highest BCUT2D eigenvalue weighted by Gasteiger charge is 2.26. The first-order valence-corrected chi connectivity index (χ1v) is 8.24. The Balaban J connectivity index is 1.82. The Hall–Kier alpha value is -1.56. The van der Waals surface area contributed by atoms with Gasteiger partial charge in [0, 0.05) is 25.6 Å². The highest BCUT2D eigenvalue weighted by atomic mass is 32.1. The lowest BCUT2D eigenvalue weighted by molar-refractivity contribution is -0.129. The Morgan fingerprint density at radius 3 is 3.00 bits per heavy atom. The average Bonchev–Trinajstić information content (AvgIpc) is 3.12. The number of amides is 2. The zero-order chi connectivity index (χ0) is 15.2. The molecule has 21 heavy (non-hydrogen) atoms. The summed E-state index contributed by atoms with van der Waals surface area (Å²) in [5.41, 5.74) is 0. The zero-order valence-electron chi connectivity index (χ0n) is 12.6. The molecule has 0 spiro atoms. The summed E-state index contributed by atoms with van der Waals surface area (Å²) in [6.07, 6.45) is 3.33. The number of hydrogen-bond acceptors (Lipinski definition) is 4. The van der Waals surface area contributed by atoms with E-state index in [2.05, 4.69) is 12.2 Å². The first-order valence-electron chi connectivity index (χ1n) is 7.36. The molecule has 1 aliphatic heterocycles. The van der Waals surface area contributed by atoms with Gasteiger partial charge < -0.3 is 15.0 Å². The van der Waals surface area contributed by atoms with Crippen molar-refractivity contribution in [1.29, 1.82) is 0 Å². The lowest BCUT2D eigenvalue weighted by Gasteiger charge is -2.26. The van der Waals surface area contributed by atoms with E-state index in [4.69, 9.17) is 4.74 Å². The smallest absolute Gasteiger partial charge is 0.265 e. The maximum Gasteiger partial charge on any atom is 0.265 e. The molecule has 1 saturated heterocycles. The van der Waals surface area contributed by atoms with Gasteiger partial charge in [-0.1, -0.05) is 6.92 Å². The summed E-state index contributed by atoms with van der Waals surface area (Å²) < 4.78 is 5.15. The monoisotopic (exact) mass is 310 g/mol. The number of methoxy groups -OCH3 is 1. The topological polar surface area (TPSA) is 58.6 Å². The molecule has 1 aromatic heterocycles. The molecule has 2 amide bonds. The summed E-state index contributed by atoms with van der Waals surface area (Å²) in [7, 11) is 1.56. The molecule has 0 radical (unpaired) electrons. The van der Waals surface area contributed by atoms with Crippen LogP contribution >= 0.6 is 11.3 Å². The van der Waals surface area contributed by atoms with Crippen molar-refractivity contribution in [2.75, 3.05) is 20.2 Å². The van der Waals surface area contributed by atoms with Crippen molar-refractivity contribution >= 4 is 23.2 Å². The minimum atomic E-state index is -0.107. The van der Waals surface area contributed by atoms with E-state index in [1.165, 1.54) is 11.3 Å². The number of hydrogen-bond donors (Lipinski definition) is 1. The molecule has 6 heteroatoms. The van der Waals surface area contributed by atoms with Gasteiger partial charge in [-0.3, -0.25) is 9.59 Å². The summed E-state index contributed by atoms with van der Waals surface area (Å²) in [5.74, 6) is 0.747. The Kier molecular flexibility index (Phi) is 5.61. The molecule has 1 N–H and O–H groups in total. The lowest BCUT2D eigenvalue weighted by atomic mass is 10.1. The Morgan fingerprint density at radius 1 is 1.57 bits per heavy atom. The fraction of sp³-hybridized carbons (Fsp3) is 0.600. The average molecular weight is 310 g/mol. The van der Waals surface area contributed by atoms with Gasteiger partial charge in [-0.15, -0.1) is 11.3 Å². The molecule has 1 atom stereocenters. The van der Waals surface area contributed by atoms with Crippen molar-refractivity contribution in [2.24, 2.45) is 0 Å². The molecule has 0 bridgehead atoms. The Labute approximate surface area is 129 Å². The molecule has 0 unspecified atom stereocenters. The zero-order valence-corrected chi connectivity index (χ0v) is 13.4. The van der Waals surface area contributed by atoms with Crippen molar-refractivity contribution in [3.63, 3.8) is 0 Å². The molecular weight excluding hydrogens is 288 g/mol. The van der Waals surface area contributed by atoms with Crippen LogP contribution in [0.1, 0.15) is 42.3 Å². The number of likely N-dealkylation sites (tertiary alicyclic amines) is 1. The predicted octanol–water partition coefficient (Wildman–Crippen LogP) is 2.28. The van der Waals surface area contributed by atoms with Crippen molar-refractivity contribution in [2.45, 2.75) is 38.6 Å². The van der Waals surface area contributed by atoms with Crippen LogP contribution in [0.3, 0.4) is 0 Å². The third kappa shape index (κ3) is 3.75. The van der Waals surface area contributed by atoms with Gasteiger partial charge in [0.15, 0.2) is 0 Å². The van der Waals surface area contributed by atoms with E-state index in [1.54, 1.807) is 13.2 Å². The van der Waals surface area contributed by atoms with E-state index in [9.17, 15) is 9.59 Å². The largest absolute Gasteiger partial charge is 0.495 e. The fourth-order valence-corrected chi connectivity index (χ4v) is 3.47. The molecule has 1 fully saturated rings. The quantitative estimate of drug-likeness (QED) is 0.840. The van der Waals surface area contributed by atoms with Crippen molar-refractivity contribution in [1.82, 2.24) is 10.2 Å². The van der Waals surface area contributed by atoms with Crippen molar-refractivity contribution in [3.05, 3.63) is 16.3 Å². The summed E-state index contributed by atoms with van der Waals surface area (Å²) in [4.78, 5) is 26.4. The van der Waals surface area contributed by atoms with Crippen LogP contribution in [-0.4, -0.2) is 43.0 Å².